The molecule has 4 fully saturated rings. The van der Waals surface area contributed by atoms with Crippen molar-refractivity contribution in [3.63, 3.8) is 0 Å². The molecule has 1 N–H and O–H groups in total. The molecular formula is C22H31N3O2. The van der Waals surface area contributed by atoms with Crippen molar-refractivity contribution in [3.8, 4) is 0 Å². The molecule has 2 amide bonds. The van der Waals surface area contributed by atoms with Crippen molar-refractivity contribution in [2.75, 3.05) is 31.1 Å². The van der Waals surface area contributed by atoms with Crippen LogP contribution >= 0.6 is 0 Å². The lowest BCUT2D eigenvalue weighted by molar-refractivity contribution is -0.121. The van der Waals surface area contributed by atoms with Crippen LogP contribution in [-0.2, 0) is 4.79 Å². The Kier molecular flexibility index (Phi) is 5.37. The molecule has 146 valence electrons. The van der Waals surface area contributed by atoms with E-state index in [-0.39, 0.29) is 17.9 Å². The van der Waals surface area contributed by atoms with Gasteiger partial charge in [0, 0.05) is 49.9 Å². The molecule has 3 heterocycles. The van der Waals surface area contributed by atoms with Crippen molar-refractivity contribution < 1.29 is 9.59 Å². The van der Waals surface area contributed by atoms with Gasteiger partial charge in [0.2, 0.25) is 5.91 Å². The second-order valence-corrected chi connectivity index (χ2v) is 8.50. The monoisotopic (exact) mass is 369 g/mol. The number of carbonyl (C=O) groups is 2. The molecule has 27 heavy (non-hydrogen) atoms. The predicted octanol–water partition coefficient (Wildman–Crippen LogP) is 3.05. The Balaban J connectivity index is 1.37. The van der Waals surface area contributed by atoms with Crippen LogP contribution in [0.3, 0.4) is 0 Å². The van der Waals surface area contributed by atoms with Gasteiger partial charge in [0.15, 0.2) is 0 Å². The number of rotatable bonds is 4. The highest BCUT2D eigenvalue weighted by Gasteiger charge is 2.32. The molecule has 1 unspecified atom stereocenters. The van der Waals surface area contributed by atoms with Crippen LogP contribution in [0.2, 0.25) is 0 Å². The molecule has 5 heteroatoms. The Bertz CT molecular complexity index is 665. The first-order chi connectivity index (χ1) is 13.1. The zero-order valence-corrected chi connectivity index (χ0v) is 16.3. The normalized spacial score (nSPS) is 27.5. The van der Waals surface area contributed by atoms with Crippen molar-refractivity contribution >= 4 is 17.5 Å². The number of nitrogens with one attached hydrogen (secondary N) is 1. The summed E-state index contributed by atoms with van der Waals surface area (Å²) in [6.07, 6.45) is 6.67. The number of hydrogen-bond donors (Lipinski definition) is 1. The molecule has 5 rings (SSSR count). The minimum atomic E-state index is 0.120. The minimum Gasteiger partial charge on any atom is -0.369 e. The maximum atomic E-state index is 13.0. The van der Waals surface area contributed by atoms with Crippen LogP contribution in [0.25, 0.3) is 0 Å². The summed E-state index contributed by atoms with van der Waals surface area (Å²) in [5.41, 5.74) is 1.94. The van der Waals surface area contributed by atoms with E-state index in [1.54, 1.807) is 0 Å². The van der Waals surface area contributed by atoms with Gasteiger partial charge in [0.1, 0.15) is 0 Å². The van der Waals surface area contributed by atoms with E-state index in [9.17, 15) is 9.59 Å². The molecular weight excluding hydrogens is 338 g/mol. The number of fused-ring (bicyclic) bond motifs is 4. The predicted molar refractivity (Wildman–Crippen MR) is 107 cm³/mol. The van der Waals surface area contributed by atoms with Crippen LogP contribution in [0.4, 0.5) is 5.69 Å². The number of nitrogens with zero attached hydrogens (tertiary/aromatic N) is 2. The van der Waals surface area contributed by atoms with E-state index in [1.807, 2.05) is 19.1 Å². The Morgan fingerprint density at radius 3 is 2.19 bits per heavy atom. The van der Waals surface area contributed by atoms with Gasteiger partial charge >= 0.3 is 0 Å². The molecule has 0 aromatic heterocycles. The fourth-order valence-corrected chi connectivity index (χ4v) is 4.90. The number of benzene rings is 1. The van der Waals surface area contributed by atoms with Gasteiger partial charge in [-0.2, -0.15) is 0 Å². The van der Waals surface area contributed by atoms with E-state index < -0.39 is 0 Å². The lowest BCUT2D eigenvalue weighted by Gasteiger charge is -2.23. The van der Waals surface area contributed by atoms with E-state index >= 15 is 0 Å². The first kappa shape index (κ1) is 18.3. The third-order valence-electron chi connectivity index (χ3n) is 6.56. The van der Waals surface area contributed by atoms with Crippen LogP contribution in [0.1, 0.15) is 55.8 Å². The fourth-order valence-electron chi connectivity index (χ4n) is 4.90. The fraction of sp³-hybridized carbons (Fsp3) is 0.636. The van der Waals surface area contributed by atoms with Gasteiger partial charge < -0.3 is 15.1 Å². The zero-order valence-electron chi connectivity index (χ0n) is 16.3. The lowest BCUT2D eigenvalue weighted by atomic mass is 9.84. The number of anilines is 1. The summed E-state index contributed by atoms with van der Waals surface area (Å²) in [6.45, 7) is 5.53. The molecule has 3 saturated heterocycles. The van der Waals surface area contributed by atoms with E-state index in [4.69, 9.17) is 0 Å². The maximum absolute atomic E-state index is 13.0. The summed E-state index contributed by atoms with van der Waals surface area (Å²) in [4.78, 5) is 28.9. The molecule has 4 aliphatic rings. The van der Waals surface area contributed by atoms with E-state index in [2.05, 4.69) is 27.2 Å². The average Bonchev–Trinajstić information content (AvgIpc) is 2.95. The lowest BCUT2D eigenvalue weighted by Crippen LogP contribution is -2.36. The summed E-state index contributed by atoms with van der Waals surface area (Å²) in [7, 11) is 0. The third kappa shape index (κ3) is 4.12. The summed E-state index contributed by atoms with van der Waals surface area (Å²) < 4.78 is 0. The van der Waals surface area contributed by atoms with Crippen molar-refractivity contribution in [1.82, 2.24) is 10.2 Å². The Labute approximate surface area is 162 Å². The smallest absolute Gasteiger partial charge is 0.253 e. The highest BCUT2D eigenvalue weighted by molar-refractivity contribution is 5.94. The Hall–Kier alpha value is -2.04. The SMILES string of the molecule is CCC(=O)NC1CCN(c2ccc(C(=O)N3CC4CCC(CC4)C3)cc2)C1. The summed E-state index contributed by atoms with van der Waals surface area (Å²) in [5.74, 6) is 1.71. The van der Waals surface area contributed by atoms with Gasteiger partial charge in [-0.1, -0.05) is 6.92 Å². The van der Waals surface area contributed by atoms with Gasteiger partial charge in [0.25, 0.3) is 5.91 Å². The molecule has 1 saturated carbocycles. The molecule has 1 aliphatic carbocycles. The van der Waals surface area contributed by atoms with E-state index in [1.165, 1.54) is 25.7 Å². The first-order valence-corrected chi connectivity index (χ1v) is 10.6. The topological polar surface area (TPSA) is 52.7 Å². The molecule has 1 atom stereocenters. The Morgan fingerprint density at radius 1 is 0.963 bits per heavy atom. The van der Waals surface area contributed by atoms with Crippen LogP contribution in [0.5, 0.6) is 0 Å². The van der Waals surface area contributed by atoms with Crippen molar-refractivity contribution in [2.45, 2.75) is 51.5 Å². The van der Waals surface area contributed by atoms with Crippen molar-refractivity contribution in [3.05, 3.63) is 29.8 Å². The van der Waals surface area contributed by atoms with Gasteiger partial charge in [-0.3, -0.25) is 9.59 Å². The standard InChI is InChI=1S/C22H31N3O2/c1-2-21(26)23-19-11-12-24(15-19)20-9-7-18(8-10-20)22(27)25-13-16-3-4-17(14-25)6-5-16/h7-10,16-17,19H,2-6,11-15H2,1H3,(H,23,26). The highest BCUT2D eigenvalue weighted by atomic mass is 16.2. The molecule has 0 spiro atoms. The summed E-state index contributed by atoms with van der Waals surface area (Å²) >= 11 is 0. The third-order valence-corrected chi connectivity index (χ3v) is 6.56. The van der Waals surface area contributed by atoms with Crippen molar-refractivity contribution in [2.24, 2.45) is 11.8 Å². The summed E-state index contributed by atoms with van der Waals surface area (Å²) in [6, 6.07) is 8.30. The largest absolute Gasteiger partial charge is 0.369 e. The molecule has 3 aliphatic heterocycles. The average molecular weight is 370 g/mol. The number of amides is 2. The minimum absolute atomic E-state index is 0.120. The van der Waals surface area contributed by atoms with Crippen LogP contribution < -0.4 is 10.2 Å². The zero-order chi connectivity index (χ0) is 18.8. The highest BCUT2D eigenvalue weighted by Crippen LogP contribution is 2.34. The number of hydrogen-bond acceptors (Lipinski definition) is 3. The first-order valence-electron chi connectivity index (χ1n) is 10.6. The molecule has 1 aromatic rings. The van der Waals surface area contributed by atoms with Crippen LogP contribution in [-0.4, -0.2) is 48.9 Å². The number of carbonyl (C=O) groups excluding carboxylic acids is 2. The molecule has 5 nitrogen and oxygen atoms in total. The molecule has 2 bridgehead atoms. The van der Waals surface area contributed by atoms with Crippen LogP contribution in [0, 0.1) is 11.8 Å². The maximum Gasteiger partial charge on any atom is 0.253 e. The quantitative estimate of drug-likeness (QED) is 0.887. The van der Waals surface area contributed by atoms with Gasteiger partial charge in [-0.25, -0.2) is 0 Å². The second-order valence-electron chi connectivity index (χ2n) is 8.50. The van der Waals surface area contributed by atoms with Gasteiger partial charge in [0.05, 0.1) is 0 Å². The van der Waals surface area contributed by atoms with Gasteiger partial charge in [-0.05, 0) is 68.2 Å². The molecule has 0 radical (unpaired) electrons. The van der Waals surface area contributed by atoms with E-state index in [0.29, 0.717) is 18.3 Å². The summed E-state index contributed by atoms with van der Waals surface area (Å²) in [5, 5.41) is 3.08. The van der Waals surface area contributed by atoms with E-state index in [0.717, 1.165) is 43.9 Å². The van der Waals surface area contributed by atoms with Crippen LogP contribution in [0.15, 0.2) is 24.3 Å². The van der Waals surface area contributed by atoms with Gasteiger partial charge in [-0.15, -0.1) is 0 Å². The Morgan fingerprint density at radius 2 is 1.59 bits per heavy atom. The molecule has 1 aromatic carbocycles. The van der Waals surface area contributed by atoms with Crippen molar-refractivity contribution in [1.29, 1.82) is 0 Å². The second kappa shape index (κ2) is 7.91.